The van der Waals surface area contributed by atoms with Gasteiger partial charge in [0.25, 0.3) is 0 Å². The van der Waals surface area contributed by atoms with Gasteiger partial charge in [-0.1, -0.05) is 30.0 Å². The largest absolute Gasteiger partial charge is 0.349 e. The SMILES string of the molecule is C[C@@]1(NC(=O)CSc2nnc(C3CC3)n2-c2ccccc2)CCS(=O)(=O)C1. The highest BCUT2D eigenvalue weighted by molar-refractivity contribution is 7.99. The van der Waals surface area contributed by atoms with Crippen LogP contribution in [0, 0.1) is 0 Å². The summed E-state index contributed by atoms with van der Waals surface area (Å²) < 4.78 is 25.4. The Hall–Kier alpha value is -1.87. The second kappa shape index (κ2) is 6.94. The summed E-state index contributed by atoms with van der Waals surface area (Å²) >= 11 is 1.33. The minimum absolute atomic E-state index is 0.00241. The number of carbonyl (C=O) groups excluding carboxylic acids is 1. The van der Waals surface area contributed by atoms with Gasteiger partial charge in [0.1, 0.15) is 5.82 Å². The van der Waals surface area contributed by atoms with Crippen molar-refractivity contribution in [3.8, 4) is 5.69 Å². The number of carbonyl (C=O) groups is 1. The molecule has 2 heterocycles. The Kier molecular flexibility index (Phi) is 4.75. The van der Waals surface area contributed by atoms with Gasteiger partial charge in [-0.2, -0.15) is 0 Å². The zero-order chi connectivity index (χ0) is 19.1. The molecule has 1 aromatic carbocycles. The van der Waals surface area contributed by atoms with E-state index in [1.807, 2.05) is 34.9 Å². The van der Waals surface area contributed by atoms with Crippen molar-refractivity contribution in [3.63, 3.8) is 0 Å². The van der Waals surface area contributed by atoms with Crippen LogP contribution in [0.4, 0.5) is 0 Å². The van der Waals surface area contributed by atoms with E-state index in [1.54, 1.807) is 6.92 Å². The van der Waals surface area contributed by atoms with Crippen LogP contribution in [0.15, 0.2) is 35.5 Å². The molecule has 1 saturated carbocycles. The van der Waals surface area contributed by atoms with Gasteiger partial charge in [-0.3, -0.25) is 9.36 Å². The number of aromatic nitrogens is 3. The Balaban J connectivity index is 1.46. The third kappa shape index (κ3) is 4.19. The van der Waals surface area contributed by atoms with E-state index in [9.17, 15) is 13.2 Å². The monoisotopic (exact) mass is 406 g/mol. The van der Waals surface area contributed by atoms with E-state index in [0.29, 0.717) is 17.5 Å². The molecule has 1 amide bonds. The van der Waals surface area contributed by atoms with Crippen LogP contribution in [0.3, 0.4) is 0 Å². The normalized spacial score (nSPS) is 24.0. The molecule has 4 rings (SSSR count). The van der Waals surface area contributed by atoms with Crippen LogP contribution in [0.5, 0.6) is 0 Å². The van der Waals surface area contributed by atoms with Crippen molar-refractivity contribution in [2.45, 2.75) is 42.8 Å². The molecular formula is C18H22N4O3S2. The summed E-state index contributed by atoms with van der Waals surface area (Å²) in [6.07, 6.45) is 2.68. The van der Waals surface area contributed by atoms with Crippen molar-refractivity contribution in [1.82, 2.24) is 20.1 Å². The first-order chi connectivity index (χ1) is 12.9. The highest BCUT2D eigenvalue weighted by Crippen LogP contribution is 2.41. The molecule has 1 atom stereocenters. The van der Waals surface area contributed by atoms with Crippen LogP contribution < -0.4 is 5.32 Å². The molecule has 0 bridgehead atoms. The topological polar surface area (TPSA) is 93.9 Å². The van der Waals surface area contributed by atoms with Gasteiger partial charge in [0.15, 0.2) is 15.0 Å². The minimum Gasteiger partial charge on any atom is -0.349 e. The Morgan fingerprint density at radius 3 is 2.67 bits per heavy atom. The Labute approximate surface area is 162 Å². The zero-order valence-corrected chi connectivity index (χ0v) is 16.7. The first-order valence-electron chi connectivity index (χ1n) is 9.00. The molecule has 2 fully saturated rings. The van der Waals surface area contributed by atoms with Gasteiger partial charge in [0.2, 0.25) is 5.91 Å². The maximum Gasteiger partial charge on any atom is 0.230 e. The lowest BCUT2D eigenvalue weighted by Gasteiger charge is -2.23. The average molecular weight is 407 g/mol. The van der Waals surface area contributed by atoms with Gasteiger partial charge in [0.05, 0.1) is 22.8 Å². The molecule has 2 aromatic rings. The number of benzene rings is 1. The second-order valence-electron chi connectivity index (χ2n) is 7.53. The van der Waals surface area contributed by atoms with Crippen molar-refractivity contribution in [2.24, 2.45) is 0 Å². The third-order valence-corrected chi connectivity index (χ3v) is 7.72. The number of sulfone groups is 1. The van der Waals surface area contributed by atoms with Crippen LogP contribution in [-0.2, 0) is 14.6 Å². The second-order valence-corrected chi connectivity index (χ2v) is 10.7. The van der Waals surface area contributed by atoms with Crippen molar-refractivity contribution in [1.29, 1.82) is 0 Å². The van der Waals surface area contributed by atoms with Crippen molar-refractivity contribution < 1.29 is 13.2 Å². The third-order valence-electron chi connectivity index (χ3n) is 4.89. The summed E-state index contributed by atoms with van der Waals surface area (Å²) in [5.74, 6) is 1.49. The van der Waals surface area contributed by atoms with Crippen LogP contribution in [0.2, 0.25) is 0 Å². The lowest BCUT2D eigenvalue weighted by molar-refractivity contribution is -0.120. The molecule has 1 N–H and O–H groups in total. The van der Waals surface area contributed by atoms with E-state index in [1.165, 1.54) is 11.8 Å². The molecule has 144 valence electrons. The lowest BCUT2D eigenvalue weighted by atomic mass is 10.0. The van der Waals surface area contributed by atoms with Crippen LogP contribution in [-0.4, -0.2) is 51.9 Å². The summed E-state index contributed by atoms with van der Waals surface area (Å²) in [5.41, 5.74) is 0.309. The van der Waals surface area contributed by atoms with E-state index in [2.05, 4.69) is 15.5 Å². The van der Waals surface area contributed by atoms with Gasteiger partial charge < -0.3 is 5.32 Å². The number of hydrogen-bond acceptors (Lipinski definition) is 6. The molecule has 0 radical (unpaired) electrons. The van der Waals surface area contributed by atoms with Crippen molar-refractivity contribution in [2.75, 3.05) is 17.3 Å². The molecule has 1 aromatic heterocycles. The predicted octanol–water partition coefficient (Wildman–Crippen LogP) is 1.93. The molecule has 9 heteroatoms. The summed E-state index contributed by atoms with van der Waals surface area (Å²) in [4.78, 5) is 12.4. The number of amides is 1. The average Bonchev–Trinajstić information content (AvgIpc) is 3.31. The lowest BCUT2D eigenvalue weighted by Crippen LogP contribution is -2.47. The fourth-order valence-corrected chi connectivity index (χ4v) is 6.26. The number of thioether (sulfide) groups is 1. The molecular weight excluding hydrogens is 384 g/mol. The number of hydrogen-bond donors (Lipinski definition) is 1. The van der Waals surface area contributed by atoms with Crippen LogP contribution >= 0.6 is 11.8 Å². The number of para-hydroxylation sites is 1. The van der Waals surface area contributed by atoms with Crippen molar-refractivity contribution in [3.05, 3.63) is 36.2 Å². The predicted molar refractivity (Wildman–Crippen MR) is 104 cm³/mol. The number of nitrogens with one attached hydrogen (secondary N) is 1. The summed E-state index contributed by atoms with van der Waals surface area (Å²) in [6.45, 7) is 1.79. The fourth-order valence-electron chi connectivity index (χ4n) is 3.41. The van der Waals surface area contributed by atoms with E-state index in [4.69, 9.17) is 0 Å². The summed E-state index contributed by atoms with van der Waals surface area (Å²) in [7, 11) is -3.06. The molecule has 1 saturated heterocycles. The molecule has 0 spiro atoms. The molecule has 0 unspecified atom stereocenters. The van der Waals surface area contributed by atoms with Crippen LogP contribution in [0.1, 0.15) is 37.9 Å². The van der Waals surface area contributed by atoms with Gasteiger partial charge in [-0.25, -0.2) is 8.42 Å². The summed E-state index contributed by atoms with van der Waals surface area (Å²) in [5, 5.41) is 12.2. The van der Waals surface area contributed by atoms with Gasteiger partial charge in [-0.15, -0.1) is 10.2 Å². The smallest absolute Gasteiger partial charge is 0.230 e. The van der Waals surface area contributed by atoms with Crippen molar-refractivity contribution >= 4 is 27.5 Å². The minimum atomic E-state index is -3.06. The molecule has 1 aliphatic heterocycles. The Morgan fingerprint density at radius 2 is 2.04 bits per heavy atom. The molecule has 2 aliphatic rings. The number of nitrogens with zero attached hydrogens (tertiary/aromatic N) is 3. The zero-order valence-electron chi connectivity index (χ0n) is 15.1. The Bertz CT molecular complexity index is 954. The fraction of sp³-hybridized carbons (Fsp3) is 0.500. The first kappa shape index (κ1) is 18.5. The molecule has 1 aliphatic carbocycles. The van der Waals surface area contributed by atoms with Gasteiger partial charge >= 0.3 is 0 Å². The Morgan fingerprint density at radius 1 is 1.30 bits per heavy atom. The van der Waals surface area contributed by atoms with E-state index in [0.717, 1.165) is 24.4 Å². The molecule has 7 nitrogen and oxygen atoms in total. The first-order valence-corrected chi connectivity index (χ1v) is 11.8. The number of rotatable bonds is 6. The molecule has 27 heavy (non-hydrogen) atoms. The van der Waals surface area contributed by atoms with E-state index in [-0.39, 0.29) is 23.2 Å². The quantitative estimate of drug-likeness (QED) is 0.737. The van der Waals surface area contributed by atoms with Gasteiger partial charge in [-0.05, 0) is 38.3 Å². The highest BCUT2D eigenvalue weighted by atomic mass is 32.2. The standard InChI is InChI=1S/C18H22N4O3S2/c1-18(9-10-27(24,25)12-18)19-15(23)11-26-17-21-20-16(13-7-8-13)22(17)14-5-3-2-4-6-14/h2-6,13H,7-12H2,1H3,(H,19,23)/t18-/m1/s1. The maximum absolute atomic E-state index is 12.4. The van der Waals surface area contributed by atoms with E-state index < -0.39 is 15.4 Å². The summed E-state index contributed by atoms with van der Waals surface area (Å²) in [6, 6.07) is 9.90. The highest BCUT2D eigenvalue weighted by Gasteiger charge is 2.39. The van der Waals surface area contributed by atoms with Gasteiger partial charge in [0, 0.05) is 11.6 Å². The van der Waals surface area contributed by atoms with E-state index >= 15 is 0 Å². The van der Waals surface area contributed by atoms with Crippen LogP contribution in [0.25, 0.3) is 5.69 Å². The maximum atomic E-state index is 12.4.